The molecule has 0 aliphatic heterocycles. The van der Waals surface area contributed by atoms with Crippen molar-refractivity contribution < 1.29 is 4.74 Å². The molecule has 0 bridgehead atoms. The van der Waals surface area contributed by atoms with Gasteiger partial charge in [-0.3, -0.25) is 0 Å². The van der Waals surface area contributed by atoms with E-state index >= 15 is 0 Å². The third kappa shape index (κ3) is 4.58. The van der Waals surface area contributed by atoms with E-state index in [-0.39, 0.29) is 6.10 Å². The van der Waals surface area contributed by atoms with Crippen molar-refractivity contribution >= 4 is 17.5 Å². The Kier molecular flexibility index (Phi) is 5.52. The minimum Gasteiger partial charge on any atom is -0.489 e. The first-order valence-electron chi connectivity index (χ1n) is 7.57. The maximum atomic E-state index is 5.78. The van der Waals surface area contributed by atoms with Gasteiger partial charge in [-0.15, -0.1) is 5.10 Å². The van der Waals surface area contributed by atoms with Crippen LogP contribution in [-0.2, 0) is 0 Å². The molecule has 1 unspecified atom stereocenters. The normalized spacial score (nSPS) is 12.0. The third-order valence-electron chi connectivity index (χ3n) is 3.06. The summed E-state index contributed by atoms with van der Waals surface area (Å²) in [5, 5.41) is 14.4. The van der Waals surface area contributed by atoms with Gasteiger partial charge in [0, 0.05) is 6.04 Å². The summed E-state index contributed by atoms with van der Waals surface area (Å²) in [7, 11) is 0. The molecule has 1 aromatic heterocycles. The molecule has 118 valence electrons. The lowest BCUT2D eigenvalue weighted by Crippen LogP contribution is -2.15. The van der Waals surface area contributed by atoms with Gasteiger partial charge < -0.3 is 15.4 Å². The van der Waals surface area contributed by atoms with Crippen LogP contribution < -0.4 is 15.4 Å². The quantitative estimate of drug-likeness (QED) is 0.814. The molecule has 22 heavy (non-hydrogen) atoms. The van der Waals surface area contributed by atoms with Crippen molar-refractivity contribution in [1.82, 2.24) is 15.2 Å². The van der Waals surface area contributed by atoms with Crippen molar-refractivity contribution in [3.05, 3.63) is 30.5 Å². The largest absolute Gasteiger partial charge is 0.489 e. The van der Waals surface area contributed by atoms with Crippen LogP contribution in [0.4, 0.5) is 17.5 Å². The molecule has 0 radical (unpaired) electrons. The summed E-state index contributed by atoms with van der Waals surface area (Å²) in [5.74, 6) is 1.91. The summed E-state index contributed by atoms with van der Waals surface area (Å²) >= 11 is 0. The predicted molar refractivity (Wildman–Crippen MR) is 88.7 cm³/mol. The molecule has 0 spiro atoms. The summed E-state index contributed by atoms with van der Waals surface area (Å²) in [6.07, 6.45) is 2.73. The Balaban J connectivity index is 2.15. The zero-order valence-electron chi connectivity index (χ0n) is 13.5. The van der Waals surface area contributed by atoms with Gasteiger partial charge in [0.05, 0.1) is 18.0 Å². The lowest BCUT2D eigenvalue weighted by Gasteiger charge is -2.15. The molecule has 1 aromatic carbocycles. The van der Waals surface area contributed by atoms with Gasteiger partial charge in [-0.05, 0) is 39.3 Å². The number of aromatic nitrogens is 3. The van der Waals surface area contributed by atoms with Crippen molar-refractivity contribution in [3.63, 3.8) is 0 Å². The highest BCUT2D eigenvalue weighted by Gasteiger charge is 2.08. The van der Waals surface area contributed by atoms with Crippen molar-refractivity contribution in [1.29, 1.82) is 0 Å². The highest BCUT2D eigenvalue weighted by atomic mass is 16.5. The smallest absolute Gasteiger partial charge is 0.249 e. The molecule has 0 fully saturated rings. The van der Waals surface area contributed by atoms with E-state index < -0.39 is 0 Å². The van der Waals surface area contributed by atoms with Gasteiger partial charge in [0.2, 0.25) is 5.95 Å². The number of hydrogen-bond donors (Lipinski definition) is 2. The topological polar surface area (TPSA) is 72.0 Å². The van der Waals surface area contributed by atoms with Crippen LogP contribution in [0.3, 0.4) is 0 Å². The number of nitrogens with zero attached hydrogens (tertiary/aromatic N) is 3. The summed E-state index contributed by atoms with van der Waals surface area (Å²) in [6, 6.07) is 8.04. The third-order valence-corrected chi connectivity index (χ3v) is 3.06. The monoisotopic (exact) mass is 301 g/mol. The minimum absolute atomic E-state index is 0.0976. The molecule has 0 amide bonds. The highest BCUT2D eigenvalue weighted by Crippen LogP contribution is 2.27. The van der Waals surface area contributed by atoms with E-state index in [0.29, 0.717) is 17.8 Å². The average Bonchev–Trinajstić information content (AvgIpc) is 2.49. The van der Waals surface area contributed by atoms with Gasteiger partial charge in [0.1, 0.15) is 5.75 Å². The summed E-state index contributed by atoms with van der Waals surface area (Å²) in [4.78, 5) is 4.42. The summed E-state index contributed by atoms with van der Waals surface area (Å²) in [5.41, 5.74) is 0.818. The SMILES string of the molecule is CCC(C)Nc1cnnc(Nc2ccccc2OC(C)C)n1. The van der Waals surface area contributed by atoms with Crippen LogP contribution in [0.25, 0.3) is 0 Å². The van der Waals surface area contributed by atoms with Crippen molar-refractivity contribution in [2.45, 2.75) is 46.3 Å². The molecule has 1 heterocycles. The zero-order valence-corrected chi connectivity index (χ0v) is 13.5. The molecule has 6 nitrogen and oxygen atoms in total. The molecule has 6 heteroatoms. The number of anilines is 3. The Morgan fingerprint density at radius 2 is 1.95 bits per heavy atom. The van der Waals surface area contributed by atoms with Gasteiger partial charge in [-0.25, -0.2) is 0 Å². The van der Waals surface area contributed by atoms with Crippen LogP contribution in [0.5, 0.6) is 5.75 Å². The molecule has 0 saturated carbocycles. The fourth-order valence-corrected chi connectivity index (χ4v) is 1.83. The van der Waals surface area contributed by atoms with Crippen LogP contribution in [0.2, 0.25) is 0 Å². The summed E-state index contributed by atoms with van der Waals surface area (Å²) < 4.78 is 5.78. The Hall–Kier alpha value is -2.37. The highest BCUT2D eigenvalue weighted by molar-refractivity contribution is 5.62. The standard InChI is InChI=1S/C16H23N5O/c1-5-12(4)18-15-10-17-21-16(20-15)19-13-8-6-7-9-14(13)22-11(2)3/h6-12H,5H2,1-4H3,(H2,18,19,20,21). The van der Waals surface area contributed by atoms with Gasteiger partial charge in [-0.1, -0.05) is 19.1 Å². The van der Waals surface area contributed by atoms with Crippen LogP contribution >= 0.6 is 0 Å². The molecule has 2 N–H and O–H groups in total. The molecule has 0 aliphatic rings. The number of nitrogens with one attached hydrogen (secondary N) is 2. The number of hydrogen-bond acceptors (Lipinski definition) is 6. The molecule has 2 aromatic rings. The average molecular weight is 301 g/mol. The maximum Gasteiger partial charge on any atom is 0.249 e. The number of ether oxygens (including phenoxy) is 1. The van der Waals surface area contributed by atoms with Crippen LogP contribution in [0.1, 0.15) is 34.1 Å². The second-order valence-electron chi connectivity index (χ2n) is 5.41. The van der Waals surface area contributed by atoms with Gasteiger partial charge in [-0.2, -0.15) is 10.1 Å². The van der Waals surface area contributed by atoms with Crippen LogP contribution in [-0.4, -0.2) is 27.3 Å². The Morgan fingerprint density at radius 1 is 1.18 bits per heavy atom. The molecule has 1 atom stereocenters. The van der Waals surface area contributed by atoms with Crippen molar-refractivity contribution in [2.75, 3.05) is 10.6 Å². The first kappa shape index (κ1) is 16.0. The van der Waals surface area contributed by atoms with E-state index in [4.69, 9.17) is 4.74 Å². The fraction of sp³-hybridized carbons (Fsp3) is 0.438. The van der Waals surface area contributed by atoms with E-state index in [1.165, 1.54) is 0 Å². The number of rotatable bonds is 7. The maximum absolute atomic E-state index is 5.78. The molecular weight excluding hydrogens is 278 g/mol. The van der Waals surface area contributed by atoms with E-state index in [1.54, 1.807) is 6.20 Å². The lowest BCUT2D eigenvalue weighted by atomic mass is 10.3. The van der Waals surface area contributed by atoms with E-state index in [2.05, 4.69) is 39.7 Å². The fourth-order valence-electron chi connectivity index (χ4n) is 1.83. The van der Waals surface area contributed by atoms with Crippen molar-refractivity contribution in [2.24, 2.45) is 0 Å². The van der Waals surface area contributed by atoms with Crippen molar-refractivity contribution in [3.8, 4) is 5.75 Å². The Bertz CT molecular complexity index is 603. The first-order valence-corrected chi connectivity index (χ1v) is 7.57. The predicted octanol–water partition coefficient (Wildman–Crippen LogP) is 3.61. The van der Waals surface area contributed by atoms with Crippen LogP contribution in [0, 0.1) is 0 Å². The van der Waals surface area contributed by atoms with Gasteiger partial charge >= 0.3 is 0 Å². The number of para-hydroxylation sites is 2. The van der Waals surface area contributed by atoms with E-state index in [1.807, 2.05) is 38.1 Å². The second-order valence-corrected chi connectivity index (χ2v) is 5.41. The first-order chi connectivity index (χ1) is 10.6. The van der Waals surface area contributed by atoms with E-state index in [9.17, 15) is 0 Å². The Morgan fingerprint density at radius 3 is 2.68 bits per heavy atom. The van der Waals surface area contributed by atoms with Crippen LogP contribution in [0.15, 0.2) is 30.5 Å². The minimum atomic E-state index is 0.0976. The summed E-state index contributed by atoms with van der Waals surface area (Å²) in [6.45, 7) is 8.20. The lowest BCUT2D eigenvalue weighted by molar-refractivity contribution is 0.244. The Labute approximate surface area is 131 Å². The number of benzene rings is 1. The van der Waals surface area contributed by atoms with Gasteiger partial charge in [0.15, 0.2) is 5.82 Å². The second kappa shape index (κ2) is 7.59. The molecule has 2 rings (SSSR count). The molecular formula is C16H23N5O. The molecule has 0 aliphatic carbocycles. The molecule has 0 saturated heterocycles. The van der Waals surface area contributed by atoms with Gasteiger partial charge in [0.25, 0.3) is 0 Å². The van der Waals surface area contributed by atoms with E-state index in [0.717, 1.165) is 17.9 Å². The zero-order chi connectivity index (χ0) is 15.9.